The lowest BCUT2D eigenvalue weighted by Gasteiger charge is -2.31. The summed E-state index contributed by atoms with van der Waals surface area (Å²) in [6.45, 7) is 3.98. The molecular formula is C16H24N2O2. The van der Waals surface area contributed by atoms with Gasteiger partial charge < -0.3 is 10.1 Å². The van der Waals surface area contributed by atoms with Crippen LogP contribution in [-0.2, 0) is 9.53 Å². The number of carbonyl (C=O) groups is 1. The first-order valence-corrected chi connectivity index (χ1v) is 7.37. The molecule has 0 bridgehead atoms. The van der Waals surface area contributed by atoms with Crippen molar-refractivity contribution in [2.24, 2.45) is 0 Å². The molecule has 1 fully saturated rings. The second-order valence-electron chi connectivity index (χ2n) is 5.68. The number of aromatic nitrogens is 1. The van der Waals surface area contributed by atoms with E-state index in [1.807, 2.05) is 19.2 Å². The fourth-order valence-corrected chi connectivity index (χ4v) is 3.11. The number of hydrogen-bond acceptors (Lipinski definition) is 4. The summed E-state index contributed by atoms with van der Waals surface area (Å²) in [5.41, 5.74) is 2.48. The van der Waals surface area contributed by atoms with E-state index in [1.165, 1.54) is 31.2 Å². The van der Waals surface area contributed by atoms with Gasteiger partial charge >= 0.3 is 5.97 Å². The Morgan fingerprint density at radius 2 is 2.30 bits per heavy atom. The second-order valence-corrected chi connectivity index (χ2v) is 5.68. The lowest BCUT2D eigenvalue weighted by Crippen LogP contribution is -2.43. The SMILES string of the molecule is COC(=O)[C@@H](C)N[C@@H]1CCC[C@@H](c2ncccc2C)C1. The number of pyridine rings is 1. The number of carbonyl (C=O) groups excluding carboxylic acids is 1. The zero-order chi connectivity index (χ0) is 14.5. The Morgan fingerprint density at radius 1 is 1.50 bits per heavy atom. The molecule has 1 aliphatic carbocycles. The third-order valence-electron chi connectivity index (χ3n) is 4.15. The predicted octanol–water partition coefficient (Wildman–Crippen LogP) is 2.57. The van der Waals surface area contributed by atoms with E-state index in [1.54, 1.807) is 0 Å². The van der Waals surface area contributed by atoms with Gasteiger partial charge in [0.15, 0.2) is 0 Å². The fourth-order valence-electron chi connectivity index (χ4n) is 3.11. The van der Waals surface area contributed by atoms with Crippen molar-refractivity contribution < 1.29 is 9.53 Å². The van der Waals surface area contributed by atoms with Crippen molar-refractivity contribution in [3.63, 3.8) is 0 Å². The van der Waals surface area contributed by atoms with Crippen LogP contribution in [0.2, 0.25) is 0 Å². The molecule has 2 rings (SSSR count). The highest BCUT2D eigenvalue weighted by Gasteiger charge is 2.27. The average Bonchev–Trinajstić information content (AvgIpc) is 2.47. The van der Waals surface area contributed by atoms with E-state index in [0.29, 0.717) is 12.0 Å². The highest BCUT2D eigenvalue weighted by Crippen LogP contribution is 2.33. The maximum Gasteiger partial charge on any atom is 0.322 e. The number of methoxy groups -OCH3 is 1. The molecule has 1 saturated carbocycles. The first-order valence-electron chi connectivity index (χ1n) is 7.37. The molecule has 0 unspecified atom stereocenters. The Morgan fingerprint density at radius 3 is 3.00 bits per heavy atom. The van der Waals surface area contributed by atoms with Gasteiger partial charge in [-0.2, -0.15) is 0 Å². The minimum atomic E-state index is -0.242. The second kappa shape index (κ2) is 6.84. The Hall–Kier alpha value is -1.42. The van der Waals surface area contributed by atoms with Crippen LogP contribution in [0.4, 0.5) is 0 Å². The quantitative estimate of drug-likeness (QED) is 0.859. The van der Waals surface area contributed by atoms with Gasteiger partial charge in [-0.25, -0.2) is 0 Å². The summed E-state index contributed by atoms with van der Waals surface area (Å²) in [6.07, 6.45) is 6.38. The van der Waals surface area contributed by atoms with Gasteiger partial charge in [-0.3, -0.25) is 9.78 Å². The van der Waals surface area contributed by atoms with Crippen molar-refractivity contribution in [2.75, 3.05) is 7.11 Å². The van der Waals surface area contributed by atoms with Crippen molar-refractivity contribution in [2.45, 2.75) is 57.5 Å². The van der Waals surface area contributed by atoms with Gasteiger partial charge in [0, 0.05) is 23.9 Å². The Balaban J connectivity index is 1.99. The summed E-state index contributed by atoms with van der Waals surface area (Å²) in [5, 5.41) is 3.39. The summed E-state index contributed by atoms with van der Waals surface area (Å²) >= 11 is 0. The summed E-state index contributed by atoms with van der Waals surface area (Å²) in [4.78, 5) is 16.0. The summed E-state index contributed by atoms with van der Waals surface area (Å²) in [5.74, 6) is 0.299. The van der Waals surface area contributed by atoms with E-state index >= 15 is 0 Å². The largest absolute Gasteiger partial charge is 0.468 e. The van der Waals surface area contributed by atoms with Crippen LogP contribution in [-0.4, -0.2) is 30.1 Å². The smallest absolute Gasteiger partial charge is 0.322 e. The molecule has 1 heterocycles. The maximum atomic E-state index is 11.5. The molecule has 4 heteroatoms. The van der Waals surface area contributed by atoms with Crippen LogP contribution in [0.5, 0.6) is 0 Å². The van der Waals surface area contributed by atoms with E-state index in [2.05, 4.69) is 23.3 Å². The molecule has 20 heavy (non-hydrogen) atoms. The number of rotatable bonds is 4. The first-order chi connectivity index (χ1) is 9.61. The van der Waals surface area contributed by atoms with Crippen LogP contribution in [0.3, 0.4) is 0 Å². The van der Waals surface area contributed by atoms with Crippen LogP contribution >= 0.6 is 0 Å². The Kier molecular flexibility index (Phi) is 5.12. The van der Waals surface area contributed by atoms with E-state index in [9.17, 15) is 4.79 Å². The Labute approximate surface area is 120 Å². The van der Waals surface area contributed by atoms with Crippen LogP contribution in [0.25, 0.3) is 0 Å². The molecule has 110 valence electrons. The zero-order valence-corrected chi connectivity index (χ0v) is 12.6. The lowest BCUT2D eigenvalue weighted by molar-refractivity contribution is -0.142. The molecule has 0 saturated heterocycles. The zero-order valence-electron chi connectivity index (χ0n) is 12.6. The number of esters is 1. The fraction of sp³-hybridized carbons (Fsp3) is 0.625. The topological polar surface area (TPSA) is 51.2 Å². The van der Waals surface area contributed by atoms with Crippen LogP contribution in [0.1, 0.15) is 49.8 Å². The molecule has 1 aliphatic rings. The Bertz CT molecular complexity index is 462. The molecule has 0 amide bonds. The molecule has 1 N–H and O–H groups in total. The van der Waals surface area contributed by atoms with Gasteiger partial charge in [0.05, 0.1) is 7.11 Å². The monoisotopic (exact) mass is 276 g/mol. The first kappa shape index (κ1) is 15.0. The number of hydrogen-bond donors (Lipinski definition) is 1. The normalized spacial score (nSPS) is 24.1. The van der Waals surface area contributed by atoms with E-state index in [4.69, 9.17) is 4.74 Å². The van der Waals surface area contributed by atoms with Crippen molar-refractivity contribution >= 4 is 5.97 Å². The molecule has 0 spiro atoms. The van der Waals surface area contributed by atoms with E-state index in [0.717, 1.165) is 12.8 Å². The number of nitrogens with zero attached hydrogens (tertiary/aromatic N) is 1. The molecular weight excluding hydrogens is 252 g/mol. The lowest BCUT2D eigenvalue weighted by atomic mass is 9.82. The third kappa shape index (κ3) is 3.57. The summed E-state index contributed by atoms with van der Waals surface area (Å²) in [7, 11) is 1.43. The number of aryl methyl sites for hydroxylation is 1. The molecule has 0 aromatic carbocycles. The van der Waals surface area contributed by atoms with Gasteiger partial charge in [-0.05, 0) is 44.7 Å². The number of nitrogens with one attached hydrogen (secondary N) is 1. The molecule has 4 nitrogen and oxygen atoms in total. The summed E-state index contributed by atoms with van der Waals surface area (Å²) in [6, 6.07) is 4.23. The van der Waals surface area contributed by atoms with E-state index < -0.39 is 0 Å². The maximum absolute atomic E-state index is 11.5. The van der Waals surface area contributed by atoms with Crippen molar-refractivity contribution in [1.82, 2.24) is 10.3 Å². The van der Waals surface area contributed by atoms with Crippen molar-refractivity contribution in [3.8, 4) is 0 Å². The average molecular weight is 276 g/mol. The van der Waals surface area contributed by atoms with Gasteiger partial charge in [-0.15, -0.1) is 0 Å². The minimum Gasteiger partial charge on any atom is -0.468 e. The van der Waals surface area contributed by atoms with Gasteiger partial charge in [0.25, 0.3) is 0 Å². The number of ether oxygens (including phenoxy) is 1. The predicted molar refractivity (Wildman–Crippen MR) is 78.6 cm³/mol. The van der Waals surface area contributed by atoms with Crippen molar-refractivity contribution in [3.05, 3.63) is 29.6 Å². The molecule has 0 aliphatic heterocycles. The molecule has 1 aromatic rings. The van der Waals surface area contributed by atoms with Gasteiger partial charge in [-0.1, -0.05) is 12.5 Å². The van der Waals surface area contributed by atoms with Crippen LogP contribution in [0, 0.1) is 6.92 Å². The molecule has 1 aromatic heterocycles. The van der Waals surface area contributed by atoms with E-state index in [-0.39, 0.29) is 12.0 Å². The van der Waals surface area contributed by atoms with Crippen LogP contribution < -0.4 is 5.32 Å². The van der Waals surface area contributed by atoms with Gasteiger partial charge in [0.1, 0.15) is 6.04 Å². The van der Waals surface area contributed by atoms with Crippen molar-refractivity contribution in [1.29, 1.82) is 0 Å². The van der Waals surface area contributed by atoms with Crippen LogP contribution in [0.15, 0.2) is 18.3 Å². The minimum absolute atomic E-state index is 0.193. The third-order valence-corrected chi connectivity index (χ3v) is 4.15. The highest BCUT2D eigenvalue weighted by molar-refractivity contribution is 5.75. The molecule has 0 radical (unpaired) electrons. The highest BCUT2D eigenvalue weighted by atomic mass is 16.5. The molecule has 3 atom stereocenters. The summed E-state index contributed by atoms with van der Waals surface area (Å²) < 4.78 is 4.77. The standard InChI is InChI=1S/C16H24N2O2/c1-11-6-5-9-17-15(11)13-7-4-8-14(10-13)18-12(2)16(19)20-3/h5-6,9,12-14,18H,4,7-8,10H2,1-3H3/t12-,13-,14-/m1/s1. The van der Waals surface area contributed by atoms with Gasteiger partial charge in [0.2, 0.25) is 0 Å².